The Morgan fingerprint density at radius 2 is 1.12 bits per heavy atom. The first-order chi connectivity index (χ1) is 7.69. The molecular weight excluding hydrogens is 254 g/mol. The van der Waals surface area contributed by atoms with Crippen molar-refractivity contribution in [1.82, 2.24) is 0 Å². The number of hydrogen-bond acceptors (Lipinski definition) is 2. The highest BCUT2D eigenvalue weighted by Crippen LogP contribution is 2.46. The van der Waals surface area contributed by atoms with Gasteiger partial charge in [0.25, 0.3) is 0 Å². The number of fused-ring (bicyclic) bond motifs is 1. The standard InChI is InChI=1S/C9H4F6O2/c10-8(11,12)4-1-6-7(17-3-16-6)2-5(4)9(13,14)15/h1-2H,3H2. The van der Waals surface area contributed by atoms with E-state index in [-0.39, 0.29) is 11.5 Å². The van der Waals surface area contributed by atoms with Crippen LogP contribution in [0.2, 0.25) is 0 Å². The Morgan fingerprint density at radius 3 is 1.41 bits per heavy atom. The Kier molecular flexibility index (Phi) is 2.41. The van der Waals surface area contributed by atoms with E-state index >= 15 is 0 Å². The molecular formula is C9H4F6O2. The molecule has 8 heteroatoms. The number of alkyl halides is 6. The van der Waals surface area contributed by atoms with Gasteiger partial charge < -0.3 is 9.47 Å². The van der Waals surface area contributed by atoms with Gasteiger partial charge >= 0.3 is 12.4 Å². The summed E-state index contributed by atoms with van der Waals surface area (Å²) in [5.74, 6) is -0.685. The van der Waals surface area contributed by atoms with Crippen LogP contribution in [-0.2, 0) is 12.4 Å². The SMILES string of the molecule is FC(F)(F)c1cc2c(cc1C(F)(F)F)OCO2. The molecule has 0 saturated carbocycles. The van der Waals surface area contributed by atoms with Gasteiger partial charge in [-0.1, -0.05) is 0 Å². The molecule has 0 bridgehead atoms. The van der Waals surface area contributed by atoms with Gasteiger partial charge in [0.2, 0.25) is 6.79 Å². The summed E-state index contributed by atoms with van der Waals surface area (Å²) in [6, 6.07) is 0.594. The van der Waals surface area contributed by atoms with E-state index in [0.717, 1.165) is 0 Å². The summed E-state index contributed by atoms with van der Waals surface area (Å²) in [7, 11) is 0. The van der Waals surface area contributed by atoms with Crippen LogP contribution in [0.3, 0.4) is 0 Å². The molecule has 2 rings (SSSR count). The van der Waals surface area contributed by atoms with Crippen LogP contribution in [0.5, 0.6) is 11.5 Å². The van der Waals surface area contributed by atoms with Gasteiger partial charge in [-0.25, -0.2) is 0 Å². The molecule has 1 aromatic rings. The average molecular weight is 258 g/mol. The topological polar surface area (TPSA) is 18.5 Å². The monoisotopic (exact) mass is 258 g/mol. The predicted octanol–water partition coefficient (Wildman–Crippen LogP) is 3.45. The summed E-state index contributed by atoms with van der Waals surface area (Å²) >= 11 is 0. The molecule has 2 nitrogen and oxygen atoms in total. The molecule has 0 fully saturated rings. The molecule has 0 atom stereocenters. The van der Waals surface area contributed by atoms with E-state index in [1.165, 1.54) is 0 Å². The van der Waals surface area contributed by atoms with Gasteiger partial charge in [0, 0.05) is 0 Å². The van der Waals surface area contributed by atoms with Crippen LogP contribution in [0.1, 0.15) is 11.1 Å². The van der Waals surface area contributed by atoms with Crippen LogP contribution in [-0.4, -0.2) is 6.79 Å². The summed E-state index contributed by atoms with van der Waals surface area (Å²) in [5.41, 5.74) is -3.57. The Morgan fingerprint density at radius 1 is 0.765 bits per heavy atom. The van der Waals surface area contributed by atoms with Crippen molar-refractivity contribution in [1.29, 1.82) is 0 Å². The minimum absolute atomic E-state index is 0.297. The summed E-state index contributed by atoms with van der Waals surface area (Å²) in [6.45, 7) is -0.395. The van der Waals surface area contributed by atoms with Gasteiger partial charge in [0.1, 0.15) is 0 Å². The predicted molar refractivity (Wildman–Crippen MR) is 42.6 cm³/mol. The van der Waals surface area contributed by atoms with Gasteiger partial charge in [-0.3, -0.25) is 0 Å². The van der Waals surface area contributed by atoms with Crippen LogP contribution < -0.4 is 9.47 Å². The molecule has 0 amide bonds. The molecule has 0 unspecified atom stereocenters. The van der Waals surface area contributed by atoms with Crippen LogP contribution in [0.15, 0.2) is 12.1 Å². The maximum absolute atomic E-state index is 12.5. The van der Waals surface area contributed by atoms with E-state index < -0.39 is 30.3 Å². The van der Waals surface area contributed by atoms with Crippen molar-refractivity contribution < 1.29 is 35.8 Å². The van der Waals surface area contributed by atoms with Crippen molar-refractivity contribution in [3.8, 4) is 11.5 Å². The fourth-order valence-corrected chi connectivity index (χ4v) is 1.41. The number of hydrogen-bond donors (Lipinski definition) is 0. The smallest absolute Gasteiger partial charge is 0.417 e. The molecule has 1 aromatic carbocycles. The quantitative estimate of drug-likeness (QED) is 0.663. The molecule has 0 spiro atoms. The van der Waals surface area contributed by atoms with Gasteiger partial charge in [-0.2, -0.15) is 26.3 Å². The summed E-state index contributed by atoms with van der Waals surface area (Å²) in [6.07, 6.45) is -10.2. The summed E-state index contributed by atoms with van der Waals surface area (Å²) in [4.78, 5) is 0. The van der Waals surface area contributed by atoms with Crippen LogP contribution >= 0.6 is 0 Å². The zero-order valence-corrected chi connectivity index (χ0v) is 7.95. The van der Waals surface area contributed by atoms with E-state index in [1.54, 1.807) is 0 Å². The van der Waals surface area contributed by atoms with Gasteiger partial charge in [-0.15, -0.1) is 0 Å². The zero-order valence-electron chi connectivity index (χ0n) is 7.95. The highest BCUT2D eigenvalue weighted by atomic mass is 19.4. The van der Waals surface area contributed by atoms with Crippen molar-refractivity contribution >= 4 is 0 Å². The molecule has 1 aliphatic rings. The molecule has 0 saturated heterocycles. The maximum Gasteiger partial charge on any atom is 0.417 e. The van der Waals surface area contributed by atoms with Crippen molar-refractivity contribution in [2.75, 3.05) is 6.79 Å². The van der Waals surface area contributed by atoms with E-state index in [0.29, 0.717) is 12.1 Å². The number of benzene rings is 1. The van der Waals surface area contributed by atoms with Gasteiger partial charge in [-0.05, 0) is 12.1 Å². The lowest BCUT2D eigenvalue weighted by Crippen LogP contribution is -2.16. The molecule has 0 N–H and O–H groups in total. The molecule has 17 heavy (non-hydrogen) atoms. The Balaban J connectivity index is 2.64. The number of halogens is 6. The summed E-state index contributed by atoms with van der Waals surface area (Å²) in [5, 5.41) is 0. The molecule has 1 aliphatic heterocycles. The Hall–Kier alpha value is -1.60. The second-order valence-corrected chi connectivity index (χ2v) is 3.25. The Bertz CT molecular complexity index is 407. The van der Waals surface area contributed by atoms with Gasteiger partial charge in [0.15, 0.2) is 11.5 Å². The molecule has 0 aromatic heterocycles. The number of rotatable bonds is 0. The molecule has 0 radical (unpaired) electrons. The first-order valence-corrected chi connectivity index (χ1v) is 4.27. The molecule has 0 aliphatic carbocycles. The third-order valence-electron chi connectivity index (χ3n) is 2.12. The fourth-order valence-electron chi connectivity index (χ4n) is 1.41. The highest BCUT2D eigenvalue weighted by molar-refractivity contribution is 5.50. The second-order valence-electron chi connectivity index (χ2n) is 3.25. The van der Waals surface area contributed by atoms with Gasteiger partial charge in [0.05, 0.1) is 11.1 Å². The van der Waals surface area contributed by atoms with E-state index in [9.17, 15) is 26.3 Å². The van der Waals surface area contributed by atoms with Crippen molar-refractivity contribution in [2.45, 2.75) is 12.4 Å². The van der Waals surface area contributed by atoms with Crippen molar-refractivity contribution in [2.24, 2.45) is 0 Å². The third-order valence-corrected chi connectivity index (χ3v) is 2.12. The fraction of sp³-hybridized carbons (Fsp3) is 0.333. The second kappa shape index (κ2) is 3.44. The number of ether oxygens (including phenoxy) is 2. The van der Waals surface area contributed by atoms with Crippen LogP contribution in [0.25, 0.3) is 0 Å². The largest absolute Gasteiger partial charge is 0.454 e. The average Bonchev–Trinajstić information content (AvgIpc) is 2.59. The van der Waals surface area contributed by atoms with Crippen molar-refractivity contribution in [3.63, 3.8) is 0 Å². The van der Waals surface area contributed by atoms with Crippen LogP contribution in [0, 0.1) is 0 Å². The first-order valence-electron chi connectivity index (χ1n) is 4.27. The lowest BCUT2D eigenvalue weighted by atomic mass is 10.1. The first kappa shape index (κ1) is 11.9. The summed E-state index contributed by atoms with van der Waals surface area (Å²) < 4.78 is 83.9. The third kappa shape index (κ3) is 2.11. The lowest BCUT2D eigenvalue weighted by Gasteiger charge is -2.15. The van der Waals surface area contributed by atoms with E-state index in [1.807, 2.05) is 0 Å². The van der Waals surface area contributed by atoms with E-state index in [2.05, 4.69) is 9.47 Å². The normalized spacial score (nSPS) is 15.2. The lowest BCUT2D eigenvalue weighted by molar-refractivity contribution is -0.162. The van der Waals surface area contributed by atoms with Crippen LogP contribution in [0.4, 0.5) is 26.3 Å². The molecule has 94 valence electrons. The maximum atomic E-state index is 12.5. The zero-order chi connectivity index (χ0) is 12.8. The minimum Gasteiger partial charge on any atom is -0.454 e. The van der Waals surface area contributed by atoms with E-state index in [4.69, 9.17) is 0 Å². The highest BCUT2D eigenvalue weighted by Gasteiger charge is 2.44. The Labute approximate surface area is 90.7 Å². The van der Waals surface area contributed by atoms with Crippen molar-refractivity contribution in [3.05, 3.63) is 23.3 Å². The minimum atomic E-state index is -5.11. The molecule has 1 heterocycles.